The van der Waals surface area contributed by atoms with Crippen molar-refractivity contribution in [2.75, 3.05) is 12.4 Å². The molecule has 0 amide bonds. The molecule has 2 unspecified atom stereocenters. The Labute approximate surface area is 89.8 Å². The Bertz CT molecular complexity index is 215. The molecule has 14 heavy (non-hydrogen) atoms. The number of ketones is 1. The molecule has 2 atom stereocenters. The Morgan fingerprint density at radius 3 is 3.00 bits per heavy atom. The molecule has 0 bridgehead atoms. The van der Waals surface area contributed by atoms with Crippen molar-refractivity contribution in [1.29, 1.82) is 0 Å². The fraction of sp³-hybridized carbons (Fsp3) is 0.909. The molecule has 2 rings (SSSR count). The summed E-state index contributed by atoms with van der Waals surface area (Å²) in [5.74, 6) is 1.56. The molecule has 2 nitrogen and oxygen atoms in total. The molecule has 0 radical (unpaired) electrons. The molecule has 0 aromatic rings. The van der Waals surface area contributed by atoms with Gasteiger partial charge in [-0.2, -0.15) is 0 Å². The fourth-order valence-corrected chi connectivity index (χ4v) is 3.50. The fourth-order valence-electron chi connectivity index (χ4n) is 2.23. The molecular weight excluding hydrogens is 196 g/mol. The van der Waals surface area contributed by atoms with Crippen LogP contribution >= 0.6 is 11.8 Å². The number of rotatable bonds is 3. The summed E-state index contributed by atoms with van der Waals surface area (Å²) in [5.41, 5.74) is 0. The Balaban J connectivity index is 1.87. The maximum Gasteiger partial charge on any atom is 0.151 e. The molecule has 2 heterocycles. The van der Waals surface area contributed by atoms with E-state index in [1.165, 1.54) is 6.42 Å². The highest BCUT2D eigenvalue weighted by atomic mass is 32.2. The summed E-state index contributed by atoms with van der Waals surface area (Å²) in [6, 6.07) is 0. The second-order valence-electron chi connectivity index (χ2n) is 4.45. The first-order chi connectivity index (χ1) is 6.71. The molecule has 0 aliphatic carbocycles. The maximum absolute atomic E-state index is 12.0. The van der Waals surface area contributed by atoms with Gasteiger partial charge in [0.25, 0.3) is 0 Å². The third kappa shape index (κ3) is 2.14. The van der Waals surface area contributed by atoms with Crippen LogP contribution in [0.3, 0.4) is 0 Å². The molecule has 3 heteroatoms. The minimum atomic E-state index is -0.0913. The second-order valence-corrected chi connectivity index (χ2v) is 6.04. The monoisotopic (exact) mass is 214 g/mol. The first kappa shape index (κ1) is 10.5. The molecule has 2 saturated heterocycles. The van der Waals surface area contributed by atoms with Gasteiger partial charge in [0.1, 0.15) is 0 Å². The lowest BCUT2D eigenvalue weighted by molar-refractivity contribution is -0.123. The van der Waals surface area contributed by atoms with Crippen molar-refractivity contribution >= 4 is 17.5 Å². The SMILES string of the molecule is CC1(C(=O)CC2CCCO2)CCCS1. The molecule has 2 aliphatic rings. The highest BCUT2D eigenvalue weighted by molar-refractivity contribution is 8.01. The van der Waals surface area contributed by atoms with Gasteiger partial charge in [0.15, 0.2) is 5.78 Å². The summed E-state index contributed by atoms with van der Waals surface area (Å²) >= 11 is 1.83. The largest absolute Gasteiger partial charge is 0.378 e. The van der Waals surface area contributed by atoms with Gasteiger partial charge in [0.05, 0.1) is 10.9 Å². The van der Waals surface area contributed by atoms with E-state index in [0.717, 1.165) is 31.6 Å². The van der Waals surface area contributed by atoms with Crippen LogP contribution in [0.5, 0.6) is 0 Å². The Kier molecular flexibility index (Phi) is 3.17. The average molecular weight is 214 g/mol. The number of carbonyl (C=O) groups is 1. The van der Waals surface area contributed by atoms with Gasteiger partial charge in [-0.05, 0) is 38.4 Å². The Hall–Kier alpha value is -0.0200. The van der Waals surface area contributed by atoms with E-state index in [1.807, 2.05) is 11.8 Å². The normalized spacial score (nSPS) is 37.6. The van der Waals surface area contributed by atoms with E-state index in [4.69, 9.17) is 4.74 Å². The van der Waals surface area contributed by atoms with Gasteiger partial charge >= 0.3 is 0 Å². The van der Waals surface area contributed by atoms with Gasteiger partial charge in [-0.1, -0.05) is 0 Å². The zero-order chi connectivity index (χ0) is 10.0. The van der Waals surface area contributed by atoms with Crippen LogP contribution in [-0.4, -0.2) is 29.0 Å². The molecule has 0 spiro atoms. The summed E-state index contributed by atoms with van der Waals surface area (Å²) in [7, 11) is 0. The third-order valence-electron chi connectivity index (χ3n) is 3.25. The molecule has 2 aliphatic heterocycles. The molecule has 0 aromatic heterocycles. The predicted octanol–water partition coefficient (Wildman–Crippen LogP) is 2.41. The van der Waals surface area contributed by atoms with E-state index in [0.29, 0.717) is 12.2 Å². The van der Waals surface area contributed by atoms with Gasteiger partial charge in [0.2, 0.25) is 0 Å². The van der Waals surface area contributed by atoms with Crippen LogP contribution in [0.4, 0.5) is 0 Å². The third-order valence-corrected chi connectivity index (χ3v) is 4.81. The van der Waals surface area contributed by atoms with Crippen molar-refractivity contribution in [1.82, 2.24) is 0 Å². The lowest BCUT2D eigenvalue weighted by Gasteiger charge is -2.22. The highest BCUT2D eigenvalue weighted by Crippen LogP contribution is 2.39. The van der Waals surface area contributed by atoms with Crippen LogP contribution in [0.2, 0.25) is 0 Å². The molecule has 0 saturated carbocycles. The topological polar surface area (TPSA) is 26.3 Å². The van der Waals surface area contributed by atoms with E-state index in [-0.39, 0.29) is 10.9 Å². The van der Waals surface area contributed by atoms with Crippen LogP contribution in [0.15, 0.2) is 0 Å². The number of hydrogen-bond acceptors (Lipinski definition) is 3. The van der Waals surface area contributed by atoms with Crippen molar-refractivity contribution in [2.45, 2.75) is 49.9 Å². The smallest absolute Gasteiger partial charge is 0.151 e. The van der Waals surface area contributed by atoms with Crippen molar-refractivity contribution in [3.8, 4) is 0 Å². The number of hydrogen-bond donors (Lipinski definition) is 0. The molecular formula is C11H18O2S. The minimum absolute atomic E-state index is 0.0913. The first-order valence-corrected chi connectivity index (χ1v) is 6.48. The summed E-state index contributed by atoms with van der Waals surface area (Å²) in [6.45, 7) is 2.95. The summed E-state index contributed by atoms with van der Waals surface area (Å²) < 4.78 is 5.41. The van der Waals surface area contributed by atoms with Crippen LogP contribution < -0.4 is 0 Å². The van der Waals surface area contributed by atoms with Gasteiger partial charge in [-0.3, -0.25) is 4.79 Å². The number of Topliss-reactive ketones (excluding diaryl/α,β-unsaturated/α-hetero) is 1. The second kappa shape index (κ2) is 4.23. The van der Waals surface area contributed by atoms with Crippen LogP contribution in [-0.2, 0) is 9.53 Å². The van der Waals surface area contributed by atoms with E-state index in [2.05, 4.69) is 6.92 Å². The van der Waals surface area contributed by atoms with E-state index >= 15 is 0 Å². The summed E-state index contributed by atoms with van der Waals surface area (Å²) in [6.07, 6.45) is 5.32. The molecule has 2 fully saturated rings. The summed E-state index contributed by atoms with van der Waals surface area (Å²) in [5, 5.41) is 0. The van der Waals surface area contributed by atoms with Crippen molar-refractivity contribution in [3.63, 3.8) is 0 Å². The van der Waals surface area contributed by atoms with Crippen molar-refractivity contribution < 1.29 is 9.53 Å². The standard InChI is InChI=1S/C11H18O2S/c1-11(5-3-7-14-11)10(12)8-9-4-2-6-13-9/h9H,2-8H2,1H3. The van der Waals surface area contributed by atoms with Gasteiger partial charge in [-0.15, -0.1) is 11.8 Å². The molecule has 0 N–H and O–H groups in total. The van der Waals surface area contributed by atoms with E-state index in [1.54, 1.807) is 0 Å². The number of carbonyl (C=O) groups excluding carboxylic acids is 1. The van der Waals surface area contributed by atoms with Gasteiger partial charge in [-0.25, -0.2) is 0 Å². The van der Waals surface area contributed by atoms with Crippen LogP contribution in [0.25, 0.3) is 0 Å². The lowest BCUT2D eigenvalue weighted by Crippen LogP contribution is -2.31. The lowest BCUT2D eigenvalue weighted by atomic mass is 9.95. The first-order valence-electron chi connectivity index (χ1n) is 5.49. The molecule has 0 aromatic carbocycles. The molecule has 80 valence electrons. The number of thioether (sulfide) groups is 1. The van der Waals surface area contributed by atoms with Gasteiger partial charge in [0, 0.05) is 13.0 Å². The predicted molar refractivity (Wildman–Crippen MR) is 58.7 cm³/mol. The quantitative estimate of drug-likeness (QED) is 0.721. The highest BCUT2D eigenvalue weighted by Gasteiger charge is 2.38. The van der Waals surface area contributed by atoms with Crippen molar-refractivity contribution in [3.05, 3.63) is 0 Å². The maximum atomic E-state index is 12.0. The van der Waals surface area contributed by atoms with Crippen LogP contribution in [0.1, 0.15) is 39.0 Å². The zero-order valence-electron chi connectivity index (χ0n) is 8.75. The average Bonchev–Trinajstić information content (AvgIpc) is 2.76. The number of ether oxygens (including phenoxy) is 1. The van der Waals surface area contributed by atoms with E-state index in [9.17, 15) is 4.79 Å². The van der Waals surface area contributed by atoms with Crippen molar-refractivity contribution in [2.24, 2.45) is 0 Å². The Morgan fingerprint density at radius 1 is 1.57 bits per heavy atom. The summed E-state index contributed by atoms with van der Waals surface area (Å²) in [4.78, 5) is 12.0. The van der Waals surface area contributed by atoms with Crippen LogP contribution in [0, 0.1) is 0 Å². The van der Waals surface area contributed by atoms with E-state index < -0.39 is 0 Å². The zero-order valence-corrected chi connectivity index (χ0v) is 9.57. The Morgan fingerprint density at radius 2 is 2.43 bits per heavy atom. The minimum Gasteiger partial charge on any atom is -0.378 e. The van der Waals surface area contributed by atoms with Gasteiger partial charge < -0.3 is 4.74 Å².